The molecule has 8 nitrogen and oxygen atoms in total. The quantitative estimate of drug-likeness (QED) is 0.407. The molecule has 2 fully saturated rings. The van der Waals surface area contributed by atoms with Crippen molar-refractivity contribution in [2.24, 2.45) is 23.5 Å². The smallest absolute Gasteiger partial charge is 0.232 e. The minimum Gasteiger partial charge on any atom is -0.399 e. The summed E-state index contributed by atoms with van der Waals surface area (Å²) in [5.74, 6) is -0.895. The first-order chi connectivity index (χ1) is 16.3. The summed E-state index contributed by atoms with van der Waals surface area (Å²) in [5, 5.41) is 3.16. The average molecular weight is 505 g/mol. The molecule has 34 heavy (non-hydrogen) atoms. The van der Waals surface area contributed by atoms with Gasteiger partial charge in [0.1, 0.15) is 0 Å². The highest BCUT2D eigenvalue weighted by molar-refractivity contribution is 8.00. The first kappa shape index (κ1) is 23.2. The Kier molecular flexibility index (Phi) is 6.28. The van der Waals surface area contributed by atoms with Crippen molar-refractivity contribution in [1.82, 2.24) is 14.9 Å². The zero-order valence-electron chi connectivity index (χ0n) is 18.4. The van der Waals surface area contributed by atoms with Gasteiger partial charge in [-0.3, -0.25) is 9.59 Å². The molecule has 11 heteroatoms. The van der Waals surface area contributed by atoms with Gasteiger partial charge in [0.25, 0.3) is 0 Å². The van der Waals surface area contributed by atoms with E-state index in [-0.39, 0.29) is 40.1 Å². The minimum atomic E-state index is -0.638. The molecule has 0 unspecified atom stereocenters. The van der Waals surface area contributed by atoms with Gasteiger partial charge in [-0.1, -0.05) is 6.07 Å². The number of carbonyl (C=O) groups excluding carboxylic acids is 2. The Morgan fingerprint density at radius 2 is 2.12 bits per heavy atom. The zero-order valence-corrected chi connectivity index (χ0v) is 20.0. The second-order valence-corrected chi connectivity index (χ2v) is 10.8. The SMILES string of the molecule is NC(=O)[C@H]1[C@H]2C[C@@H]([C@H]1Nc1nc(Cl)ncc1F)[C@H](SCC(=O)N1CCc3ccc(N)cc3C1)C2. The number of nitrogens with one attached hydrogen (secondary N) is 1. The van der Waals surface area contributed by atoms with Crippen LogP contribution >= 0.6 is 23.4 Å². The van der Waals surface area contributed by atoms with Crippen LogP contribution in [0.1, 0.15) is 24.0 Å². The van der Waals surface area contributed by atoms with E-state index < -0.39 is 17.6 Å². The number of nitrogen functional groups attached to an aromatic ring is 1. The van der Waals surface area contributed by atoms with Crippen molar-refractivity contribution in [3.8, 4) is 0 Å². The lowest BCUT2D eigenvalue weighted by molar-refractivity contribution is -0.129. The number of nitrogens with zero attached hydrogens (tertiary/aromatic N) is 3. The van der Waals surface area contributed by atoms with E-state index >= 15 is 0 Å². The molecule has 2 amide bonds. The number of aromatic nitrogens is 2. The maximum absolute atomic E-state index is 14.3. The van der Waals surface area contributed by atoms with Crippen LogP contribution in [0.4, 0.5) is 15.9 Å². The van der Waals surface area contributed by atoms with E-state index in [0.29, 0.717) is 24.5 Å². The molecule has 2 bridgehead atoms. The summed E-state index contributed by atoms with van der Waals surface area (Å²) in [4.78, 5) is 34.6. The second-order valence-electron chi connectivity index (χ2n) is 9.27. The fourth-order valence-electron chi connectivity index (χ4n) is 5.76. The Hall–Kier alpha value is -2.59. The van der Waals surface area contributed by atoms with E-state index in [1.165, 1.54) is 5.56 Å². The molecule has 1 aromatic carbocycles. The lowest BCUT2D eigenvalue weighted by Gasteiger charge is -2.35. The van der Waals surface area contributed by atoms with Crippen LogP contribution in [0.3, 0.4) is 0 Å². The van der Waals surface area contributed by atoms with Crippen LogP contribution in [0.15, 0.2) is 24.4 Å². The van der Waals surface area contributed by atoms with E-state index in [1.54, 1.807) is 11.8 Å². The number of thioether (sulfide) groups is 1. The molecular weight excluding hydrogens is 479 g/mol. The maximum atomic E-state index is 14.3. The van der Waals surface area contributed by atoms with Crippen molar-refractivity contribution >= 4 is 46.7 Å². The molecule has 180 valence electrons. The molecule has 2 heterocycles. The van der Waals surface area contributed by atoms with Gasteiger partial charge in [0.15, 0.2) is 11.6 Å². The molecule has 0 spiro atoms. The first-order valence-corrected chi connectivity index (χ1v) is 12.7. The number of fused-ring (bicyclic) bond motifs is 3. The number of carbonyl (C=O) groups is 2. The molecule has 0 saturated heterocycles. The third-order valence-electron chi connectivity index (χ3n) is 7.31. The molecule has 5 N–H and O–H groups in total. The van der Waals surface area contributed by atoms with Crippen LogP contribution in [0, 0.1) is 23.6 Å². The van der Waals surface area contributed by atoms with Crippen molar-refractivity contribution in [3.63, 3.8) is 0 Å². The fraction of sp³-hybridized carbons (Fsp3) is 0.478. The predicted octanol–water partition coefficient (Wildman–Crippen LogP) is 2.46. The highest BCUT2D eigenvalue weighted by atomic mass is 35.5. The molecule has 1 aromatic heterocycles. The Morgan fingerprint density at radius 1 is 1.29 bits per heavy atom. The third kappa shape index (κ3) is 4.40. The van der Waals surface area contributed by atoms with E-state index in [0.717, 1.165) is 31.0 Å². The monoisotopic (exact) mass is 504 g/mol. The minimum absolute atomic E-state index is 0.0325. The standard InChI is InChI=1S/C23H26ClFN6O2S/c24-23-28-8-16(25)22(30-23)29-20-15-6-12(19(20)21(27)33)7-17(15)34-10-18(32)31-4-3-11-1-2-14(26)5-13(11)9-31/h1-2,5,8,12,15,17,19-20H,3-4,6-7,9-10,26H2,(H2,27,33)(H,28,29,30)/t12-,15+,17+,19-,20+/m0/s1. The maximum Gasteiger partial charge on any atom is 0.232 e. The highest BCUT2D eigenvalue weighted by Crippen LogP contribution is 2.53. The van der Waals surface area contributed by atoms with Crippen LogP contribution in [-0.2, 0) is 22.6 Å². The molecular formula is C23H26ClFN6O2S. The zero-order chi connectivity index (χ0) is 24.0. The summed E-state index contributed by atoms with van der Waals surface area (Å²) in [5.41, 5.74) is 14.7. The summed E-state index contributed by atoms with van der Waals surface area (Å²) in [6.45, 7) is 1.26. The van der Waals surface area contributed by atoms with Crippen molar-refractivity contribution in [1.29, 1.82) is 0 Å². The largest absolute Gasteiger partial charge is 0.399 e. The first-order valence-electron chi connectivity index (χ1n) is 11.3. The molecule has 2 saturated carbocycles. The number of benzene rings is 1. The predicted molar refractivity (Wildman–Crippen MR) is 130 cm³/mol. The van der Waals surface area contributed by atoms with Crippen molar-refractivity contribution in [3.05, 3.63) is 46.6 Å². The van der Waals surface area contributed by atoms with Crippen molar-refractivity contribution in [2.75, 3.05) is 23.3 Å². The molecule has 2 aliphatic carbocycles. The Bertz CT molecular complexity index is 1140. The van der Waals surface area contributed by atoms with Gasteiger partial charge < -0.3 is 21.7 Å². The number of halogens is 2. The number of hydrogen-bond donors (Lipinski definition) is 3. The summed E-state index contributed by atoms with van der Waals surface area (Å²) in [6.07, 6.45) is 3.42. The lowest BCUT2D eigenvalue weighted by Crippen LogP contribution is -2.46. The molecule has 1 aliphatic heterocycles. The third-order valence-corrected chi connectivity index (χ3v) is 8.87. The van der Waals surface area contributed by atoms with Gasteiger partial charge in [-0.2, -0.15) is 4.98 Å². The van der Waals surface area contributed by atoms with Crippen LogP contribution in [0.25, 0.3) is 0 Å². The van der Waals surface area contributed by atoms with E-state index in [2.05, 4.69) is 15.3 Å². The van der Waals surface area contributed by atoms with Gasteiger partial charge in [-0.25, -0.2) is 9.37 Å². The van der Waals surface area contributed by atoms with Crippen LogP contribution < -0.4 is 16.8 Å². The molecule has 5 rings (SSSR count). The normalized spacial score (nSPS) is 27.5. The van der Waals surface area contributed by atoms with Crippen molar-refractivity contribution < 1.29 is 14.0 Å². The highest BCUT2D eigenvalue weighted by Gasteiger charge is 2.55. The van der Waals surface area contributed by atoms with E-state index in [9.17, 15) is 14.0 Å². The molecule has 0 radical (unpaired) electrons. The van der Waals surface area contributed by atoms with Gasteiger partial charge in [0.2, 0.25) is 17.1 Å². The Morgan fingerprint density at radius 3 is 2.91 bits per heavy atom. The van der Waals surface area contributed by atoms with Gasteiger partial charge in [0, 0.05) is 30.1 Å². The Balaban J connectivity index is 1.24. The summed E-state index contributed by atoms with van der Waals surface area (Å²) in [7, 11) is 0. The number of amides is 2. The summed E-state index contributed by atoms with van der Waals surface area (Å²) >= 11 is 7.44. The number of rotatable bonds is 6. The topological polar surface area (TPSA) is 127 Å². The Labute approximate surface area is 206 Å². The van der Waals surface area contributed by atoms with Gasteiger partial charge >= 0.3 is 0 Å². The van der Waals surface area contributed by atoms with Gasteiger partial charge in [-0.05, 0) is 66.0 Å². The second kappa shape index (κ2) is 9.22. The van der Waals surface area contributed by atoms with E-state index in [1.807, 2.05) is 23.1 Å². The fourth-order valence-corrected chi connectivity index (χ4v) is 7.35. The van der Waals surface area contributed by atoms with Crippen molar-refractivity contribution in [2.45, 2.75) is 37.1 Å². The number of anilines is 2. The molecule has 5 atom stereocenters. The van der Waals surface area contributed by atoms with Gasteiger partial charge in [0.05, 0.1) is 17.9 Å². The number of nitrogens with two attached hydrogens (primary N) is 2. The van der Waals surface area contributed by atoms with Gasteiger partial charge in [-0.15, -0.1) is 11.8 Å². The summed E-state index contributed by atoms with van der Waals surface area (Å²) in [6, 6.07) is 5.50. The van der Waals surface area contributed by atoms with E-state index in [4.69, 9.17) is 23.1 Å². The average Bonchev–Trinajstić information content (AvgIpc) is 3.37. The van der Waals surface area contributed by atoms with Crippen LogP contribution in [0.5, 0.6) is 0 Å². The number of primary amides is 1. The van der Waals surface area contributed by atoms with Crippen LogP contribution in [-0.4, -0.2) is 50.3 Å². The van der Waals surface area contributed by atoms with Crippen LogP contribution in [0.2, 0.25) is 5.28 Å². The number of hydrogen-bond acceptors (Lipinski definition) is 7. The summed E-state index contributed by atoms with van der Waals surface area (Å²) < 4.78 is 14.3. The molecule has 2 aromatic rings. The molecule has 3 aliphatic rings. The lowest BCUT2D eigenvalue weighted by atomic mass is 9.83.